The standard InChI is InChI=1S/C11H9ClN2O/c1-14-10(12)7-9(15)11(13-14)8-5-3-2-4-6-8/h2-7H,1H3. The molecule has 1 aromatic heterocycles. The lowest BCUT2D eigenvalue weighted by molar-refractivity contribution is 0.741. The SMILES string of the molecule is Cn1nc(-c2ccccc2)c(=O)cc1Cl. The first-order valence-corrected chi connectivity index (χ1v) is 4.85. The van der Waals surface area contributed by atoms with Crippen LogP contribution in [0.2, 0.25) is 5.15 Å². The Kier molecular flexibility index (Phi) is 2.56. The van der Waals surface area contributed by atoms with Crippen LogP contribution >= 0.6 is 11.6 Å². The predicted molar refractivity (Wildman–Crippen MR) is 59.9 cm³/mol. The summed E-state index contributed by atoms with van der Waals surface area (Å²) in [6.45, 7) is 0. The molecular formula is C11H9ClN2O. The lowest BCUT2D eigenvalue weighted by Gasteiger charge is -2.04. The number of aryl methyl sites for hydroxylation is 1. The fraction of sp³-hybridized carbons (Fsp3) is 0.0909. The zero-order valence-corrected chi connectivity index (χ0v) is 8.90. The lowest BCUT2D eigenvalue weighted by Crippen LogP contribution is -2.12. The molecule has 0 spiro atoms. The molecule has 1 aromatic carbocycles. The van der Waals surface area contributed by atoms with Crippen LogP contribution in [0.15, 0.2) is 41.2 Å². The van der Waals surface area contributed by atoms with Gasteiger partial charge in [0.15, 0.2) is 0 Å². The Morgan fingerprint density at radius 3 is 2.60 bits per heavy atom. The maximum absolute atomic E-state index is 11.6. The van der Waals surface area contributed by atoms with Crippen molar-refractivity contribution < 1.29 is 0 Å². The quantitative estimate of drug-likeness (QED) is 0.738. The Labute approximate surface area is 91.9 Å². The molecule has 0 saturated carbocycles. The number of nitrogens with zero attached hydrogens (tertiary/aromatic N) is 2. The summed E-state index contributed by atoms with van der Waals surface area (Å²) in [5, 5.41) is 4.45. The van der Waals surface area contributed by atoms with Crippen LogP contribution in [-0.2, 0) is 7.05 Å². The number of rotatable bonds is 1. The molecule has 0 amide bonds. The fourth-order valence-corrected chi connectivity index (χ4v) is 1.45. The zero-order valence-electron chi connectivity index (χ0n) is 8.14. The minimum absolute atomic E-state index is 0.163. The topological polar surface area (TPSA) is 34.9 Å². The van der Waals surface area contributed by atoms with Crippen LogP contribution in [0.25, 0.3) is 11.3 Å². The summed E-state index contributed by atoms with van der Waals surface area (Å²) < 4.78 is 1.48. The van der Waals surface area contributed by atoms with Crippen molar-refractivity contribution in [3.05, 3.63) is 51.8 Å². The monoisotopic (exact) mass is 220 g/mol. The molecule has 76 valence electrons. The smallest absolute Gasteiger partial charge is 0.209 e. The van der Waals surface area contributed by atoms with E-state index in [9.17, 15) is 4.79 Å². The van der Waals surface area contributed by atoms with E-state index in [-0.39, 0.29) is 5.43 Å². The number of hydrogen-bond donors (Lipinski definition) is 0. The van der Waals surface area contributed by atoms with Gasteiger partial charge in [0.1, 0.15) is 10.8 Å². The number of hydrogen-bond acceptors (Lipinski definition) is 2. The van der Waals surface area contributed by atoms with Gasteiger partial charge in [0.05, 0.1) is 0 Å². The molecule has 2 rings (SSSR count). The third kappa shape index (κ3) is 1.92. The predicted octanol–water partition coefficient (Wildman–Crippen LogP) is 2.10. The van der Waals surface area contributed by atoms with E-state index in [0.717, 1.165) is 5.56 Å². The Hall–Kier alpha value is -1.61. The van der Waals surface area contributed by atoms with Crippen LogP contribution < -0.4 is 5.43 Å². The van der Waals surface area contributed by atoms with E-state index in [0.29, 0.717) is 10.8 Å². The van der Waals surface area contributed by atoms with Gasteiger partial charge in [-0.15, -0.1) is 0 Å². The summed E-state index contributed by atoms with van der Waals surface area (Å²) in [6, 6.07) is 10.7. The summed E-state index contributed by atoms with van der Waals surface area (Å²) in [5.41, 5.74) is 1.06. The second-order valence-electron chi connectivity index (χ2n) is 3.17. The first-order chi connectivity index (χ1) is 7.18. The molecule has 0 aliphatic rings. The Morgan fingerprint density at radius 2 is 1.93 bits per heavy atom. The fourth-order valence-electron chi connectivity index (χ4n) is 1.31. The van der Waals surface area contributed by atoms with Crippen molar-refractivity contribution in [1.82, 2.24) is 9.78 Å². The van der Waals surface area contributed by atoms with Gasteiger partial charge in [0, 0.05) is 18.7 Å². The molecule has 0 bridgehead atoms. The molecule has 15 heavy (non-hydrogen) atoms. The molecule has 4 heteroatoms. The van der Waals surface area contributed by atoms with Crippen molar-refractivity contribution in [3.8, 4) is 11.3 Å². The summed E-state index contributed by atoms with van der Waals surface area (Å²) in [7, 11) is 1.70. The molecule has 1 heterocycles. The minimum atomic E-state index is -0.163. The number of halogens is 1. The van der Waals surface area contributed by atoms with Crippen molar-refractivity contribution in [2.75, 3.05) is 0 Å². The van der Waals surface area contributed by atoms with Gasteiger partial charge in [0.25, 0.3) is 0 Å². The summed E-state index contributed by atoms with van der Waals surface area (Å²) in [4.78, 5) is 11.6. The average molecular weight is 221 g/mol. The first-order valence-electron chi connectivity index (χ1n) is 4.48. The van der Waals surface area contributed by atoms with Gasteiger partial charge in [0.2, 0.25) is 5.43 Å². The highest BCUT2D eigenvalue weighted by molar-refractivity contribution is 6.29. The van der Waals surface area contributed by atoms with Gasteiger partial charge in [-0.25, -0.2) is 0 Å². The van der Waals surface area contributed by atoms with Gasteiger partial charge < -0.3 is 0 Å². The van der Waals surface area contributed by atoms with Crippen LogP contribution in [0.1, 0.15) is 0 Å². The highest BCUT2D eigenvalue weighted by Gasteiger charge is 2.06. The van der Waals surface area contributed by atoms with Crippen LogP contribution in [0.5, 0.6) is 0 Å². The molecule has 0 fully saturated rings. The Balaban J connectivity index is 2.65. The van der Waals surface area contributed by atoms with Gasteiger partial charge >= 0.3 is 0 Å². The molecular weight excluding hydrogens is 212 g/mol. The summed E-state index contributed by atoms with van der Waals surface area (Å²) in [5.74, 6) is 0. The van der Waals surface area contributed by atoms with E-state index < -0.39 is 0 Å². The second kappa shape index (κ2) is 3.87. The van der Waals surface area contributed by atoms with E-state index >= 15 is 0 Å². The van der Waals surface area contributed by atoms with Crippen LogP contribution in [0.3, 0.4) is 0 Å². The molecule has 0 aliphatic carbocycles. The maximum Gasteiger partial charge on any atom is 0.209 e. The molecule has 0 aliphatic heterocycles. The molecule has 0 unspecified atom stereocenters. The summed E-state index contributed by atoms with van der Waals surface area (Å²) in [6.07, 6.45) is 0. The van der Waals surface area contributed by atoms with Crippen LogP contribution in [-0.4, -0.2) is 9.78 Å². The van der Waals surface area contributed by atoms with E-state index in [4.69, 9.17) is 11.6 Å². The van der Waals surface area contributed by atoms with Crippen molar-refractivity contribution in [2.24, 2.45) is 7.05 Å². The average Bonchev–Trinajstić information content (AvgIpc) is 2.25. The third-order valence-electron chi connectivity index (χ3n) is 2.09. The molecule has 0 radical (unpaired) electrons. The largest absolute Gasteiger partial charge is 0.287 e. The molecule has 0 atom stereocenters. The molecule has 0 N–H and O–H groups in total. The Morgan fingerprint density at radius 1 is 1.27 bits per heavy atom. The van der Waals surface area contributed by atoms with Gasteiger partial charge in [-0.2, -0.15) is 5.10 Å². The first kappa shape index (κ1) is 9.93. The Bertz CT molecular complexity index is 534. The van der Waals surface area contributed by atoms with Crippen molar-refractivity contribution in [1.29, 1.82) is 0 Å². The van der Waals surface area contributed by atoms with Crippen molar-refractivity contribution >= 4 is 11.6 Å². The number of aromatic nitrogens is 2. The van der Waals surface area contributed by atoms with E-state index in [1.165, 1.54) is 10.7 Å². The van der Waals surface area contributed by atoms with Crippen molar-refractivity contribution in [2.45, 2.75) is 0 Å². The van der Waals surface area contributed by atoms with Gasteiger partial charge in [-0.05, 0) is 0 Å². The highest BCUT2D eigenvalue weighted by atomic mass is 35.5. The van der Waals surface area contributed by atoms with E-state index in [1.807, 2.05) is 30.3 Å². The minimum Gasteiger partial charge on any atom is -0.287 e. The maximum atomic E-state index is 11.6. The van der Waals surface area contributed by atoms with Gasteiger partial charge in [-0.1, -0.05) is 41.9 Å². The van der Waals surface area contributed by atoms with E-state index in [1.54, 1.807) is 7.05 Å². The third-order valence-corrected chi connectivity index (χ3v) is 2.44. The lowest BCUT2D eigenvalue weighted by atomic mass is 10.1. The number of benzene rings is 1. The van der Waals surface area contributed by atoms with Crippen LogP contribution in [0, 0.1) is 0 Å². The molecule has 3 nitrogen and oxygen atoms in total. The second-order valence-corrected chi connectivity index (χ2v) is 3.56. The zero-order chi connectivity index (χ0) is 10.8. The van der Waals surface area contributed by atoms with Gasteiger partial charge in [-0.3, -0.25) is 9.48 Å². The van der Waals surface area contributed by atoms with Crippen molar-refractivity contribution in [3.63, 3.8) is 0 Å². The van der Waals surface area contributed by atoms with Crippen LogP contribution in [0.4, 0.5) is 0 Å². The normalized spacial score (nSPS) is 10.3. The molecule has 2 aromatic rings. The van der Waals surface area contributed by atoms with E-state index in [2.05, 4.69) is 5.10 Å². The highest BCUT2D eigenvalue weighted by Crippen LogP contribution is 2.13. The molecule has 0 saturated heterocycles. The summed E-state index contributed by atoms with van der Waals surface area (Å²) >= 11 is 5.77.